The Bertz CT molecular complexity index is 679. The van der Waals surface area contributed by atoms with Gasteiger partial charge in [0.25, 0.3) is 0 Å². The Hall–Kier alpha value is -2.24. The molecule has 0 bridgehead atoms. The maximum Gasteiger partial charge on any atom is 0.223 e. The molecule has 1 aromatic carbocycles. The van der Waals surface area contributed by atoms with Crippen molar-refractivity contribution in [3.8, 4) is 0 Å². The molecule has 0 saturated carbocycles. The fourth-order valence-corrected chi connectivity index (χ4v) is 3.22. The molecule has 2 aliphatic rings. The standard InChI is InChI=1S/C14H17N5O/c15-9-1-3-11-12(7-9)17-14(16-11)18-5-6-19-10(8-18)2-4-13(19)20/h1,3,7,10H,2,4-6,8,15H2,(H,16,17). The Balaban J connectivity index is 1.62. The molecule has 0 spiro atoms. The summed E-state index contributed by atoms with van der Waals surface area (Å²) in [7, 11) is 0. The van der Waals surface area contributed by atoms with Crippen molar-refractivity contribution in [2.45, 2.75) is 18.9 Å². The van der Waals surface area contributed by atoms with Gasteiger partial charge in [-0.2, -0.15) is 0 Å². The van der Waals surface area contributed by atoms with Gasteiger partial charge in [-0.3, -0.25) is 4.79 Å². The van der Waals surface area contributed by atoms with Crippen LogP contribution in [0.4, 0.5) is 11.6 Å². The van der Waals surface area contributed by atoms with Crippen molar-refractivity contribution in [1.29, 1.82) is 0 Å². The van der Waals surface area contributed by atoms with E-state index in [1.165, 1.54) is 0 Å². The number of carbonyl (C=O) groups is 1. The minimum Gasteiger partial charge on any atom is -0.399 e. The van der Waals surface area contributed by atoms with Crippen LogP contribution in [0, 0.1) is 0 Å². The molecule has 1 amide bonds. The molecule has 3 heterocycles. The van der Waals surface area contributed by atoms with E-state index in [4.69, 9.17) is 5.73 Å². The van der Waals surface area contributed by atoms with Crippen LogP contribution < -0.4 is 10.6 Å². The topological polar surface area (TPSA) is 78.2 Å². The largest absolute Gasteiger partial charge is 0.399 e. The van der Waals surface area contributed by atoms with Gasteiger partial charge < -0.3 is 20.5 Å². The number of hydrogen-bond acceptors (Lipinski definition) is 4. The Morgan fingerprint density at radius 3 is 3.15 bits per heavy atom. The van der Waals surface area contributed by atoms with E-state index in [0.29, 0.717) is 18.4 Å². The Morgan fingerprint density at radius 2 is 2.25 bits per heavy atom. The number of aromatic amines is 1. The molecule has 1 unspecified atom stereocenters. The van der Waals surface area contributed by atoms with Gasteiger partial charge >= 0.3 is 0 Å². The molecular weight excluding hydrogens is 254 g/mol. The number of nitrogens with zero attached hydrogens (tertiary/aromatic N) is 3. The molecule has 0 radical (unpaired) electrons. The molecule has 4 rings (SSSR count). The van der Waals surface area contributed by atoms with Crippen LogP contribution in [0.5, 0.6) is 0 Å². The van der Waals surface area contributed by atoms with Crippen molar-refractivity contribution < 1.29 is 4.79 Å². The predicted octanol–water partition coefficient (Wildman–Crippen LogP) is 0.956. The summed E-state index contributed by atoms with van der Waals surface area (Å²) in [6, 6.07) is 6.04. The minimum atomic E-state index is 0.298. The van der Waals surface area contributed by atoms with Crippen molar-refractivity contribution >= 4 is 28.6 Å². The molecule has 2 aliphatic heterocycles. The fourth-order valence-electron chi connectivity index (χ4n) is 3.22. The SMILES string of the molecule is Nc1ccc2nc(N3CCN4C(=O)CCC4C3)[nH]c2c1. The normalized spacial score (nSPS) is 22.6. The molecule has 6 nitrogen and oxygen atoms in total. The van der Waals surface area contributed by atoms with Crippen LogP contribution in [-0.4, -0.2) is 46.5 Å². The summed E-state index contributed by atoms with van der Waals surface area (Å²) in [4.78, 5) is 23.9. The average molecular weight is 271 g/mol. The molecule has 2 fully saturated rings. The van der Waals surface area contributed by atoms with Crippen molar-refractivity contribution in [2.75, 3.05) is 30.3 Å². The van der Waals surface area contributed by atoms with Crippen molar-refractivity contribution in [3.05, 3.63) is 18.2 Å². The summed E-state index contributed by atoms with van der Waals surface area (Å²) >= 11 is 0. The number of nitrogens with one attached hydrogen (secondary N) is 1. The molecule has 3 N–H and O–H groups in total. The zero-order valence-electron chi connectivity index (χ0n) is 11.2. The van der Waals surface area contributed by atoms with Crippen LogP contribution in [-0.2, 0) is 4.79 Å². The summed E-state index contributed by atoms with van der Waals surface area (Å²) in [6.07, 6.45) is 1.65. The van der Waals surface area contributed by atoms with Crippen molar-refractivity contribution in [2.24, 2.45) is 0 Å². The van der Waals surface area contributed by atoms with Gasteiger partial charge in [0.15, 0.2) is 0 Å². The van der Waals surface area contributed by atoms with Gasteiger partial charge in [0.2, 0.25) is 11.9 Å². The van der Waals surface area contributed by atoms with Crippen molar-refractivity contribution in [3.63, 3.8) is 0 Å². The quantitative estimate of drug-likeness (QED) is 0.757. The molecule has 20 heavy (non-hydrogen) atoms. The fraction of sp³-hybridized carbons (Fsp3) is 0.429. The van der Waals surface area contributed by atoms with E-state index < -0.39 is 0 Å². The third-order valence-corrected chi connectivity index (χ3v) is 4.29. The average Bonchev–Trinajstić information content (AvgIpc) is 3.02. The van der Waals surface area contributed by atoms with Gasteiger partial charge in [-0.05, 0) is 24.6 Å². The van der Waals surface area contributed by atoms with Gasteiger partial charge in [0, 0.05) is 37.8 Å². The second-order valence-corrected chi connectivity index (χ2v) is 5.56. The number of piperazine rings is 1. The number of imidazole rings is 1. The van der Waals surface area contributed by atoms with E-state index in [9.17, 15) is 4.79 Å². The highest BCUT2D eigenvalue weighted by Crippen LogP contribution is 2.26. The second-order valence-electron chi connectivity index (χ2n) is 5.56. The number of carbonyl (C=O) groups excluding carboxylic acids is 1. The summed E-state index contributed by atoms with van der Waals surface area (Å²) in [5.41, 5.74) is 8.42. The number of amides is 1. The van der Waals surface area contributed by atoms with Gasteiger partial charge in [0.05, 0.1) is 11.0 Å². The molecule has 2 saturated heterocycles. The third kappa shape index (κ3) is 1.71. The molecular formula is C14H17N5O. The first-order chi connectivity index (χ1) is 9.70. The van der Waals surface area contributed by atoms with Crippen LogP contribution in [0.3, 0.4) is 0 Å². The third-order valence-electron chi connectivity index (χ3n) is 4.29. The lowest BCUT2D eigenvalue weighted by atomic mass is 10.2. The van der Waals surface area contributed by atoms with Gasteiger partial charge in [-0.15, -0.1) is 0 Å². The molecule has 104 valence electrons. The number of aromatic nitrogens is 2. The highest BCUT2D eigenvalue weighted by Gasteiger charge is 2.36. The molecule has 1 aromatic heterocycles. The number of nitrogens with two attached hydrogens (primary N) is 1. The number of benzene rings is 1. The highest BCUT2D eigenvalue weighted by molar-refractivity contribution is 5.81. The number of rotatable bonds is 1. The summed E-state index contributed by atoms with van der Waals surface area (Å²) in [6.45, 7) is 2.49. The number of nitrogen functional groups attached to an aromatic ring is 1. The van der Waals surface area contributed by atoms with E-state index in [1.54, 1.807) is 0 Å². The van der Waals surface area contributed by atoms with E-state index in [-0.39, 0.29) is 0 Å². The lowest BCUT2D eigenvalue weighted by Gasteiger charge is -2.37. The Labute approximate surface area is 116 Å². The number of hydrogen-bond donors (Lipinski definition) is 2. The molecule has 1 atom stereocenters. The van der Waals surface area contributed by atoms with E-state index in [0.717, 1.165) is 48.7 Å². The van der Waals surface area contributed by atoms with E-state index in [2.05, 4.69) is 14.9 Å². The lowest BCUT2D eigenvalue weighted by molar-refractivity contribution is -0.129. The minimum absolute atomic E-state index is 0.298. The first kappa shape index (κ1) is 11.6. The van der Waals surface area contributed by atoms with Gasteiger partial charge in [0.1, 0.15) is 0 Å². The first-order valence-corrected chi connectivity index (χ1v) is 7.00. The summed E-state index contributed by atoms with van der Waals surface area (Å²) < 4.78 is 0. The van der Waals surface area contributed by atoms with Crippen LogP contribution in [0.25, 0.3) is 11.0 Å². The van der Waals surface area contributed by atoms with E-state index in [1.807, 2.05) is 23.1 Å². The van der Waals surface area contributed by atoms with Crippen LogP contribution in [0.1, 0.15) is 12.8 Å². The molecule has 6 heteroatoms. The van der Waals surface area contributed by atoms with Crippen LogP contribution >= 0.6 is 0 Å². The van der Waals surface area contributed by atoms with Crippen LogP contribution in [0.15, 0.2) is 18.2 Å². The molecule has 0 aliphatic carbocycles. The maximum atomic E-state index is 11.7. The monoisotopic (exact) mass is 271 g/mol. The Kier molecular flexibility index (Phi) is 2.39. The Morgan fingerprint density at radius 1 is 1.35 bits per heavy atom. The lowest BCUT2D eigenvalue weighted by Crippen LogP contribution is -2.51. The smallest absolute Gasteiger partial charge is 0.223 e. The molecule has 2 aromatic rings. The van der Waals surface area contributed by atoms with Gasteiger partial charge in [-0.1, -0.05) is 0 Å². The highest BCUT2D eigenvalue weighted by atomic mass is 16.2. The zero-order chi connectivity index (χ0) is 13.7. The maximum absolute atomic E-state index is 11.7. The number of anilines is 2. The first-order valence-electron chi connectivity index (χ1n) is 7.00. The summed E-state index contributed by atoms with van der Waals surface area (Å²) in [5.74, 6) is 1.18. The van der Waals surface area contributed by atoms with Gasteiger partial charge in [-0.25, -0.2) is 4.98 Å². The van der Waals surface area contributed by atoms with Crippen LogP contribution in [0.2, 0.25) is 0 Å². The number of H-pyrrole nitrogens is 1. The summed E-state index contributed by atoms with van der Waals surface area (Å²) in [5, 5.41) is 0. The predicted molar refractivity (Wildman–Crippen MR) is 77.5 cm³/mol. The number of fused-ring (bicyclic) bond motifs is 2. The second kappa shape index (κ2) is 4.13. The van der Waals surface area contributed by atoms with E-state index >= 15 is 0 Å². The van der Waals surface area contributed by atoms with Crippen molar-refractivity contribution in [1.82, 2.24) is 14.9 Å². The zero-order valence-corrected chi connectivity index (χ0v) is 11.2.